The molecular weight excluding hydrogens is 719 g/mol. The van der Waals surface area contributed by atoms with Gasteiger partial charge in [-0.05, 0) is 135 Å². The van der Waals surface area contributed by atoms with Gasteiger partial charge in [0.2, 0.25) is 0 Å². The monoisotopic (exact) mass is 769 g/mol. The first-order valence-electron chi connectivity index (χ1n) is 19.9. The van der Waals surface area contributed by atoms with E-state index in [-0.39, 0.29) is 24.5 Å². The van der Waals surface area contributed by atoms with Gasteiger partial charge in [-0.25, -0.2) is 0 Å². The van der Waals surface area contributed by atoms with Crippen molar-refractivity contribution in [2.24, 2.45) is 0 Å². The number of rotatable bonds is 10. The molecule has 0 aliphatic carbocycles. The molecule has 0 fully saturated rings. The summed E-state index contributed by atoms with van der Waals surface area (Å²) in [5, 5.41) is 10.6. The molecule has 4 aromatic carbocycles. The molecule has 5 aromatic rings. The molecule has 0 spiro atoms. The van der Waals surface area contributed by atoms with Crippen LogP contribution in [0.3, 0.4) is 0 Å². The zero-order valence-electron chi connectivity index (χ0n) is 33.3. The molecule has 296 valence electrons. The lowest BCUT2D eigenvalue weighted by Gasteiger charge is -2.37. The van der Waals surface area contributed by atoms with Crippen molar-refractivity contribution in [1.82, 2.24) is 14.8 Å². The molecule has 0 amide bonds. The largest absolute Gasteiger partial charge is 0.493 e. The Bertz CT molecular complexity index is 2230. The van der Waals surface area contributed by atoms with E-state index in [0.29, 0.717) is 78.0 Å². The Morgan fingerprint density at radius 2 is 1.56 bits per heavy atom. The Balaban J connectivity index is 1.18. The van der Waals surface area contributed by atoms with E-state index in [9.17, 15) is 9.90 Å². The van der Waals surface area contributed by atoms with Gasteiger partial charge in [0, 0.05) is 48.9 Å². The molecule has 10 nitrogen and oxygen atoms in total. The summed E-state index contributed by atoms with van der Waals surface area (Å²) in [5.41, 5.74) is 8.05. The van der Waals surface area contributed by atoms with E-state index in [1.165, 1.54) is 16.7 Å². The van der Waals surface area contributed by atoms with Gasteiger partial charge in [0.1, 0.15) is 11.4 Å². The molecule has 57 heavy (non-hydrogen) atoms. The molecule has 10 heteroatoms. The summed E-state index contributed by atoms with van der Waals surface area (Å²) in [6.07, 6.45) is 6.62. The van der Waals surface area contributed by atoms with Crippen LogP contribution < -0.4 is 23.7 Å². The van der Waals surface area contributed by atoms with E-state index >= 15 is 0 Å². The normalized spacial score (nSPS) is 17.7. The third-order valence-corrected chi connectivity index (χ3v) is 11.7. The SMILES string of the molecule is COc1cc2c3cc1Oc1c(OC)c(CO)cc4c1[C@@H](Cc1ccc(OCCCCC(=O)c5ccccn5)c(c1)Oc1ccc(cc1)C[C@@H]3N(C)CC2)N(C)CC4. The predicted molar refractivity (Wildman–Crippen MR) is 218 cm³/mol. The van der Waals surface area contributed by atoms with Crippen LogP contribution in [0.1, 0.15) is 80.8 Å². The smallest absolute Gasteiger partial charge is 0.181 e. The second kappa shape index (κ2) is 17.0. The zero-order valence-corrected chi connectivity index (χ0v) is 33.3. The van der Waals surface area contributed by atoms with Crippen molar-refractivity contribution in [2.75, 3.05) is 48.0 Å². The third-order valence-electron chi connectivity index (χ3n) is 11.7. The molecule has 9 rings (SSSR count). The summed E-state index contributed by atoms with van der Waals surface area (Å²) in [4.78, 5) is 21.6. The summed E-state index contributed by atoms with van der Waals surface area (Å²) in [6.45, 7) is 2.03. The second-order valence-electron chi connectivity index (χ2n) is 15.3. The van der Waals surface area contributed by atoms with Crippen molar-refractivity contribution in [3.63, 3.8) is 0 Å². The minimum atomic E-state index is -0.178. The number of benzene rings is 4. The van der Waals surface area contributed by atoms with Crippen LogP contribution in [0, 0.1) is 0 Å². The Kier molecular flexibility index (Phi) is 11.5. The number of fused-ring (bicyclic) bond motifs is 2. The predicted octanol–water partition coefficient (Wildman–Crippen LogP) is 8.46. The first-order chi connectivity index (χ1) is 27.8. The Morgan fingerprint density at radius 1 is 0.807 bits per heavy atom. The summed E-state index contributed by atoms with van der Waals surface area (Å²) in [7, 11) is 7.64. The third kappa shape index (κ3) is 8.08. The van der Waals surface area contributed by atoms with Crippen molar-refractivity contribution in [3.05, 3.63) is 130 Å². The lowest BCUT2D eigenvalue weighted by Crippen LogP contribution is -2.34. The van der Waals surface area contributed by atoms with Gasteiger partial charge in [-0.3, -0.25) is 19.6 Å². The Labute approximate surface area is 334 Å². The molecule has 0 radical (unpaired) electrons. The van der Waals surface area contributed by atoms with Crippen LogP contribution >= 0.6 is 0 Å². The first kappa shape index (κ1) is 38.5. The molecule has 5 heterocycles. The van der Waals surface area contributed by atoms with Gasteiger partial charge in [-0.2, -0.15) is 0 Å². The fraction of sp³-hybridized carbons (Fsp3) is 0.362. The number of aliphatic hydroxyl groups excluding tert-OH is 1. The maximum Gasteiger partial charge on any atom is 0.181 e. The molecule has 1 aromatic heterocycles. The van der Waals surface area contributed by atoms with Crippen LogP contribution in [0.25, 0.3) is 0 Å². The van der Waals surface area contributed by atoms with E-state index in [4.69, 9.17) is 23.7 Å². The molecular formula is C47H51N3O7. The van der Waals surface area contributed by atoms with Crippen molar-refractivity contribution < 1.29 is 33.6 Å². The molecule has 4 aliphatic rings. The fourth-order valence-corrected chi connectivity index (χ4v) is 8.53. The highest BCUT2D eigenvalue weighted by Crippen LogP contribution is 2.50. The van der Waals surface area contributed by atoms with Gasteiger partial charge >= 0.3 is 0 Å². The van der Waals surface area contributed by atoms with E-state index in [0.717, 1.165) is 54.8 Å². The number of ether oxygens (including phenoxy) is 5. The van der Waals surface area contributed by atoms with Crippen molar-refractivity contribution in [2.45, 2.75) is 63.6 Å². The number of Topliss-reactive ketones (excluding diaryl/α,β-unsaturated/α-hetero) is 1. The highest BCUT2D eigenvalue weighted by molar-refractivity contribution is 5.94. The summed E-state index contributed by atoms with van der Waals surface area (Å²) >= 11 is 0. The van der Waals surface area contributed by atoms with Gasteiger partial charge in [0.25, 0.3) is 0 Å². The van der Waals surface area contributed by atoms with E-state index in [1.54, 1.807) is 26.5 Å². The van der Waals surface area contributed by atoms with Crippen molar-refractivity contribution in [1.29, 1.82) is 0 Å². The number of ketones is 1. The number of likely N-dealkylation sites (N-methyl/N-ethyl adjacent to an activating group) is 2. The van der Waals surface area contributed by atoms with Crippen molar-refractivity contribution >= 4 is 5.78 Å². The molecule has 0 saturated heterocycles. The number of hydrogen-bond acceptors (Lipinski definition) is 10. The summed E-state index contributed by atoms with van der Waals surface area (Å²) in [5.74, 6) is 4.44. The van der Waals surface area contributed by atoms with Gasteiger partial charge in [-0.1, -0.05) is 24.3 Å². The Hall–Kier alpha value is -5.42. The van der Waals surface area contributed by atoms with Crippen LogP contribution in [-0.2, 0) is 32.3 Å². The topological polar surface area (TPSA) is 103 Å². The number of carbonyl (C=O) groups is 1. The molecule has 1 N–H and O–H groups in total. The number of nitrogens with zero attached hydrogens (tertiary/aromatic N) is 3. The quantitative estimate of drug-likeness (QED) is 0.110. The van der Waals surface area contributed by atoms with Crippen LogP contribution in [0.4, 0.5) is 0 Å². The maximum atomic E-state index is 12.6. The number of aliphatic hydroxyl groups is 1. The average Bonchev–Trinajstić information content (AvgIpc) is 3.23. The van der Waals surface area contributed by atoms with Crippen LogP contribution in [-0.4, -0.2) is 73.7 Å². The minimum absolute atomic E-state index is 0.0364. The van der Waals surface area contributed by atoms with Gasteiger partial charge in [-0.15, -0.1) is 0 Å². The fourth-order valence-electron chi connectivity index (χ4n) is 8.53. The maximum absolute atomic E-state index is 12.6. The van der Waals surface area contributed by atoms with Gasteiger partial charge in [0.15, 0.2) is 40.3 Å². The van der Waals surface area contributed by atoms with E-state index in [1.807, 2.05) is 30.3 Å². The van der Waals surface area contributed by atoms with Crippen LogP contribution in [0.5, 0.6) is 40.2 Å². The number of aromatic nitrogens is 1. The number of unbranched alkanes of at least 4 members (excludes halogenated alkanes) is 1. The highest BCUT2D eigenvalue weighted by atomic mass is 16.5. The first-order valence-corrected chi connectivity index (χ1v) is 19.9. The summed E-state index contributed by atoms with van der Waals surface area (Å²) < 4.78 is 32.1. The standard InChI is InChI=1S/C47H51N3O7/c1-49-20-17-32-27-42(53-3)44-28-36(32)38(49)23-30-11-14-35(15-12-30)56-43-25-31(13-16-41(43)55-22-8-6-10-40(52)37-9-5-7-19-48-37)24-39-45-33(18-21-50(39)2)26-34(29-51)46(54-4)47(45)57-44/h5,7,9,11-16,19,25-28,38-39,51H,6,8,10,17-18,20-24,29H2,1-4H3/t38-,39+/m0/s1. The average molecular weight is 770 g/mol. The lowest BCUT2D eigenvalue weighted by atomic mass is 9.86. The van der Waals surface area contributed by atoms with Crippen LogP contribution in [0.2, 0.25) is 0 Å². The zero-order chi connectivity index (χ0) is 39.5. The number of carbonyl (C=O) groups excluding carboxylic acids is 1. The highest BCUT2D eigenvalue weighted by Gasteiger charge is 2.34. The summed E-state index contributed by atoms with van der Waals surface area (Å²) in [6, 6.07) is 26.3. The second-order valence-corrected chi connectivity index (χ2v) is 15.3. The van der Waals surface area contributed by atoms with Gasteiger partial charge in [0.05, 0.1) is 27.4 Å². The molecule has 2 atom stereocenters. The number of methoxy groups -OCH3 is 2. The number of pyridine rings is 1. The molecule has 0 saturated carbocycles. The van der Waals surface area contributed by atoms with E-state index < -0.39 is 0 Å². The van der Waals surface area contributed by atoms with Crippen molar-refractivity contribution in [3.8, 4) is 40.2 Å². The lowest BCUT2D eigenvalue weighted by molar-refractivity contribution is 0.0973. The minimum Gasteiger partial charge on any atom is -0.493 e. The van der Waals surface area contributed by atoms with Gasteiger partial charge < -0.3 is 28.8 Å². The number of hydrogen-bond donors (Lipinski definition) is 1. The van der Waals surface area contributed by atoms with Crippen LogP contribution in [0.15, 0.2) is 85.1 Å². The van der Waals surface area contributed by atoms with E-state index in [2.05, 4.69) is 71.3 Å². The molecule has 0 unspecified atom stereocenters. The molecule has 4 aliphatic heterocycles. The molecule has 6 bridgehead atoms. The Morgan fingerprint density at radius 3 is 2.32 bits per heavy atom.